The number of thiophene rings is 1. The van der Waals surface area contributed by atoms with Crippen LogP contribution < -0.4 is 0 Å². The molecule has 0 spiro atoms. The first-order valence-corrected chi connectivity index (χ1v) is 7.26. The Kier molecular flexibility index (Phi) is 3.98. The van der Waals surface area contributed by atoms with Crippen LogP contribution in [0.5, 0.6) is 0 Å². The maximum atomic E-state index is 11.8. The van der Waals surface area contributed by atoms with Crippen LogP contribution in [0.3, 0.4) is 0 Å². The molecule has 0 radical (unpaired) electrons. The molecule has 7 heteroatoms. The summed E-state index contributed by atoms with van der Waals surface area (Å²) < 4.78 is 10.3. The average Bonchev–Trinajstić information content (AvgIpc) is 3.16. The topological polar surface area (TPSA) is 65.2 Å². The third-order valence-electron chi connectivity index (χ3n) is 2.64. The molecule has 3 aromatic heterocycles. The summed E-state index contributed by atoms with van der Waals surface area (Å²) in [5.74, 6) is 0.170. The number of hydrogen-bond acceptors (Lipinski definition) is 6. The van der Waals surface area contributed by atoms with Crippen molar-refractivity contribution in [1.82, 2.24) is 10.1 Å². The van der Waals surface area contributed by atoms with Crippen LogP contribution in [-0.4, -0.2) is 16.1 Å². The maximum Gasteiger partial charge on any atom is 0.340 e. The van der Waals surface area contributed by atoms with E-state index in [0.29, 0.717) is 22.2 Å². The summed E-state index contributed by atoms with van der Waals surface area (Å²) >= 11 is 7.21. The van der Waals surface area contributed by atoms with Gasteiger partial charge in [0, 0.05) is 12.3 Å². The van der Waals surface area contributed by atoms with E-state index in [1.165, 1.54) is 12.3 Å². The smallest absolute Gasteiger partial charge is 0.340 e. The van der Waals surface area contributed by atoms with E-state index in [0.717, 1.165) is 4.88 Å². The first kappa shape index (κ1) is 13.8. The van der Waals surface area contributed by atoms with Crippen molar-refractivity contribution in [3.05, 3.63) is 58.3 Å². The lowest BCUT2D eigenvalue weighted by molar-refractivity contribution is 0.0464. The monoisotopic (exact) mass is 320 g/mol. The minimum absolute atomic E-state index is 0.0380. The van der Waals surface area contributed by atoms with Gasteiger partial charge in [0.1, 0.15) is 17.5 Å². The third-order valence-corrected chi connectivity index (χ3v) is 3.75. The Bertz CT molecular complexity index is 738. The van der Waals surface area contributed by atoms with Gasteiger partial charge in [0.2, 0.25) is 0 Å². The number of hydrogen-bond donors (Lipinski definition) is 0. The molecule has 3 heterocycles. The summed E-state index contributed by atoms with van der Waals surface area (Å²) in [6.45, 7) is 0.0380. The van der Waals surface area contributed by atoms with Crippen LogP contribution in [0.2, 0.25) is 5.15 Å². The van der Waals surface area contributed by atoms with E-state index in [1.807, 2.05) is 17.5 Å². The first-order valence-electron chi connectivity index (χ1n) is 6.00. The molecule has 3 aromatic rings. The summed E-state index contributed by atoms with van der Waals surface area (Å²) in [6, 6.07) is 8.69. The SMILES string of the molecule is O=C(OCc1cc(-c2cccs2)on1)c1ccc(Cl)nc1. The predicted octanol–water partition coefficient (Wildman–Crippen LogP) is 3.81. The van der Waals surface area contributed by atoms with Gasteiger partial charge in [-0.3, -0.25) is 0 Å². The van der Waals surface area contributed by atoms with Gasteiger partial charge in [0.25, 0.3) is 0 Å². The van der Waals surface area contributed by atoms with Crippen molar-refractivity contribution in [2.24, 2.45) is 0 Å². The highest BCUT2D eigenvalue weighted by molar-refractivity contribution is 7.13. The molecule has 0 aliphatic heterocycles. The molecule has 0 bridgehead atoms. The van der Waals surface area contributed by atoms with Crippen molar-refractivity contribution < 1.29 is 14.1 Å². The minimum atomic E-state index is -0.486. The fourth-order valence-corrected chi connectivity index (χ4v) is 2.42. The Labute approximate surface area is 129 Å². The molecule has 0 saturated heterocycles. The Morgan fingerprint density at radius 3 is 3.00 bits per heavy atom. The highest BCUT2D eigenvalue weighted by Gasteiger charge is 2.11. The number of esters is 1. The molecule has 0 amide bonds. The van der Waals surface area contributed by atoms with Crippen LogP contribution in [0.4, 0.5) is 0 Å². The standard InChI is InChI=1S/C14H9ClN2O3S/c15-13-4-3-9(7-16-13)14(18)19-8-10-6-11(20-17-10)12-2-1-5-21-12/h1-7H,8H2. The normalized spacial score (nSPS) is 10.5. The Hall–Kier alpha value is -2.18. The van der Waals surface area contributed by atoms with E-state index in [-0.39, 0.29) is 6.61 Å². The largest absolute Gasteiger partial charge is 0.455 e. The Morgan fingerprint density at radius 2 is 2.29 bits per heavy atom. The van der Waals surface area contributed by atoms with Crippen molar-refractivity contribution in [3.63, 3.8) is 0 Å². The van der Waals surface area contributed by atoms with Crippen LogP contribution in [0, 0.1) is 0 Å². The van der Waals surface area contributed by atoms with Crippen molar-refractivity contribution in [1.29, 1.82) is 0 Å². The lowest BCUT2D eigenvalue weighted by Crippen LogP contribution is -2.05. The first-order chi connectivity index (χ1) is 10.2. The molecule has 3 rings (SSSR count). The zero-order valence-corrected chi connectivity index (χ0v) is 12.2. The van der Waals surface area contributed by atoms with Crippen molar-refractivity contribution in [3.8, 4) is 10.6 Å². The van der Waals surface area contributed by atoms with Gasteiger partial charge in [-0.15, -0.1) is 11.3 Å². The van der Waals surface area contributed by atoms with Crippen molar-refractivity contribution >= 4 is 28.9 Å². The summed E-state index contributed by atoms with van der Waals surface area (Å²) in [5, 5.41) is 6.14. The summed E-state index contributed by atoms with van der Waals surface area (Å²) in [4.78, 5) is 16.6. The summed E-state index contributed by atoms with van der Waals surface area (Å²) in [5.41, 5.74) is 0.884. The molecule has 106 valence electrons. The van der Waals surface area contributed by atoms with E-state index >= 15 is 0 Å². The summed E-state index contributed by atoms with van der Waals surface area (Å²) in [6.07, 6.45) is 1.37. The molecule has 0 saturated carbocycles. The Morgan fingerprint density at radius 1 is 1.38 bits per heavy atom. The van der Waals surface area contributed by atoms with Gasteiger partial charge >= 0.3 is 5.97 Å². The van der Waals surface area contributed by atoms with Gasteiger partial charge in [0.05, 0.1) is 10.4 Å². The number of pyridine rings is 1. The molecule has 5 nitrogen and oxygen atoms in total. The molecule has 0 aromatic carbocycles. The number of carbonyl (C=O) groups is 1. The summed E-state index contributed by atoms with van der Waals surface area (Å²) in [7, 11) is 0. The molecular weight excluding hydrogens is 312 g/mol. The molecule has 21 heavy (non-hydrogen) atoms. The molecular formula is C14H9ClN2O3S. The highest BCUT2D eigenvalue weighted by Crippen LogP contribution is 2.25. The van der Waals surface area contributed by atoms with E-state index in [9.17, 15) is 4.79 Å². The van der Waals surface area contributed by atoms with Gasteiger partial charge in [-0.2, -0.15) is 0 Å². The van der Waals surface area contributed by atoms with Crippen LogP contribution in [0.25, 0.3) is 10.6 Å². The molecule has 0 unspecified atom stereocenters. The van der Waals surface area contributed by atoms with Gasteiger partial charge in [-0.05, 0) is 23.6 Å². The van der Waals surface area contributed by atoms with E-state index in [2.05, 4.69) is 10.1 Å². The Balaban J connectivity index is 1.62. The van der Waals surface area contributed by atoms with E-state index < -0.39 is 5.97 Å². The highest BCUT2D eigenvalue weighted by atomic mass is 35.5. The minimum Gasteiger partial charge on any atom is -0.455 e. The zero-order chi connectivity index (χ0) is 14.7. The van der Waals surface area contributed by atoms with Gasteiger partial charge in [-0.25, -0.2) is 9.78 Å². The second-order valence-corrected chi connectivity index (χ2v) is 5.44. The van der Waals surface area contributed by atoms with Crippen LogP contribution in [0.1, 0.15) is 16.1 Å². The number of aromatic nitrogens is 2. The van der Waals surface area contributed by atoms with Gasteiger partial charge < -0.3 is 9.26 Å². The number of halogens is 1. The quantitative estimate of drug-likeness (QED) is 0.540. The van der Waals surface area contributed by atoms with Gasteiger partial charge in [0.15, 0.2) is 5.76 Å². The fourth-order valence-electron chi connectivity index (χ4n) is 1.63. The second kappa shape index (κ2) is 6.07. The van der Waals surface area contributed by atoms with Crippen LogP contribution in [0.15, 0.2) is 46.4 Å². The lowest BCUT2D eigenvalue weighted by Gasteiger charge is -2.01. The van der Waals surface area contributed by atoms with Gasteiger partial charge in [-0.1, -0.05) is 22.8 Å². The fraction of sp³-hybridized carbons (Fsp3) is 0.0714. The predicted molar refractivity (Wildman–Crippen MR) is 78.2 cm³/mol. The molecule has 0 atom stereocenters. The number of nitrogens with zero attached hydrogens (tertiary/aromatic N) is 2. The molecule has 0 aliphatic carbocycles. The molecule has 0 fully saturated rings. The van der Waals surface area contributed by atoms with Crippen LogP contribution >= 0.6 is 22.9 Å². The van der Waals surface area contributed by atoms with E-state index in [4.69, 9.17) is 20.9 Å². The van der Waals surface area contributed by atoms with E-state index in [1.54, 1.807) is 23.5 Å². The van der Waals surface area contributed by atoms with Crippen molar-refractivity contribution in [2.45, 2.75) is 6.61 Å². The third kappa shape index (κ3) is 3.29. The van der Waals surface area contributed by atoms with Crippen LogP contribution in [-0.2, 0) is 11.3 Å². The molecule has 0 aliphatic rings. The number of ether oxygens (including phenoxy) is 1. The molecule has 0 N–H and O–H groups in total. The number of rotatable bonds is 4. The number of carbonyl (C=O) groups excluding carboxylic acids is 1. The maximum absolute atomic E-state index is 11.8. The second-order valence-electron chi connectivity index (χ2n) is 4.11. The lowest BCUT2D eigenvalue weighted by atomic mass is 10.3. The zero-order valence-electron chi connectivity index (χ0n) is 10.7. The van der Waals surface area contributed by atoms with Crippen molar-refractivity contribution in [2.75, 3.05) is 0 Å². The average molecular weight is 321 g/mol.